The molecule has 1 saturated heterocycles. The van der Waals surface area contributed by atoms with Gasteiger partial charge in [0.25, 0.3) is 0 Å². The molecule has 4 nitrogen and oxygen atoms in total. The van der Waals surface area contributed by atoms with Crippen LogP contribution in [0.15, 0.2) is 0 Å². The summed E-state index contributed by atoms with van der Waals surface area (Å²) in [4.78, 5) is 13.9. The Morgan fingerprint density at radius 1 is 1.50 bits per heavy atom. The van der Waals surface area contributed by atoms with Crippen LogP contribution >= 0.6 is 0 Å². The van der Waals surface area contributed by atoms with Crippen LogP contribution in [0.3, 0.4) is 0 Å². The molecule has 1 saturated carbocycles. The van der Waals surface area contributed by atoms with Crippen molar-refractivity contribution in [3.05, 3.63) is 0 Å². The fourth-order valence-corrected chi connectivity index (χ4v) is 1.61. The highest BCUT2D eigenvalue weighted by atomic mass is 16.2. The van der Waals surface area contributed by atoms with Crippen LogP contribution in [0.25, 0.3) is 0 Å². The van der Waals surface area contributed by atoms with Crippen LogP contribution in [0.4, 0.5) is 0 Å². The van der Waals surface area contributed by atoms with E-state index in [0.29, 0.717) is 12.1 Å². The molecule has 0 bridgehead atoms. The SMILES string of the molecule is CC(C(=O)NC1CC1)N(C)C1CNC1. The average molecular weight is 197 g/mol. The fraction of sp³-hybridized carbons (Fsp3) is 0.900. The molecule has 14 heavy (non-hydrogen) atoms. The van der Waals surface area contributed by atoms with Crippen LogP contribution in [-0.4, -0.2) is 49.1 Å². The van der Waals surface area contributed by atoms with Crippen molar-refractivity contribution in [1.82, 2.24) is 15.5 Å². The Kier molecular flexibility index (Phi) is 2.74. The first-order valence-corrected chi connectivity index (χ1v) is 5.41. The maximum Gasteiger partial charge on any atom is 0.237 e. The van der Waals surface area contributed by atoms with Crippen LogP contribution in [0.2, 0.25) is 0 Å². The van der Waals surface area contributed by atoms with Gasteiger partial charge in [-0.3, -0.25) is 9.69 Å². The quantitative estimate of drug-likeness (QED) is 0.642. The van der Waals surface area contributed by atoms with Crippen molar-refractivity contribution in [1.29, 1.82) is 0 Å². The molecular weight excluding hydrogens is 178 g/mol. The number of carbonyl (C=O) groups is 1. The first-order chi connectivity index (χ1) is 6.68. The first kappa shape index (κ1) is 9.93. The molecule has 1 aliphatic heterocycles. The standard InChI is InChI=1S/C10H19N3O/c1-7(10(14)12-8-3-4-8)13(2)9-5-11-6-9/h7-9,11H,3-6H2,1-2H3,(H,12,14). The average Bonchev–Trinajstić information content (AvgIpc) is 2.83. The molecule has 0 aromatic carbocycles. The summed E-state index contributed by atoms with van der Waals surface area (Å²) in [5.74, 6) is 0.182. The van der Waals surface area contributed by atoms with Crippen molar-refractivity contribution < 1.29 is 4.79 Å². The summed E-state index contributed by atoms with van der Waals surface area (Å²) < 4.78 is 0. The molecule has 80 valence electrons. The molecule has 1 unspecified atom stereocenters. The van der Waals surface area contributed by atoms with Crippen LogP contribution in [0.1, 0.15) is 19.8 Å². The smallest absolute Gasteiger partial charge is 0.237 e. The number of likely N-dealkylation sites (N-methyl/N-ethyl adjacent to an activating group) is 1. The molecule has 0 aromatic heterocycles. The molecule has 4 heteroatoms. The van der Waals surface area contributed by atoms with Crippen molar-refractivity contribution in [2.24, 2.45) is 0 Å². The summed E-state index contributed by atoms with van der Waals surface area (Å²) in [6, 6.07) is 1.01. The minimum absolute atomic E-state index is 0.00250. The van der Waals surface area contributed by atoms with Crippen molar-refractivity contribution >= 4 is 5.91 Å². The second kappa shape index (κ2) is 3.87. The van der Waals surface area contributed by atoms with Gasteiger partial charge in [-0.1, -0.05) is 0 Å². The number of carbonyl (C=O) groups excluding carboxylic acids is 1. The Labute approximate surface area is 85.0 Å². The molecule has 1 aliphatic carbocycles. The van der Waals surface area contributed by atoms with Crippen LogP contribution < -0.4 is 10.6 Å². The lowest BCUT2D eigenvalue weighted by Crippen LogP contribution is -2.60. The van der Waals surface area contributed by atoms with Gasteiger partial charge in [-0.15, -0.1) is 0 Å². The summed E-state index contributed by atoms with van der Waals surface area (Å²) in [5, 5.41) is 6.25. The maximum absolute atomic E-state index is 11.7. The summed E-state index contributed by atoms with van der Waals surface area (Å²) in [6.45, 7) is 4.01. The molecule has 2 N–H and O–H groups in total. The van der Waals surface area contributed by atoms with Crippen molar-refractivity contribution in [3.8, 4) is 0 Å². The lowest BCUT2D eigenvalue weighted by molar-refractivity contribution is -0.126. The summed E-state index contributed by atoms with van der Waals surface area (Å²) in [6.07, 6.45) is 2.32. The molecule has 2 aliphatic rings. The zero-order chi connectivity index (χ0) is 10.1. The molecule has 2 fully saturated rings. The van der Waals surface area contributed by atoms with E-state index in [1.54, 1.807) is 0 Å². The molecule has 0 spiro atoms. The molecule has 2 rings (SSSR count). The number of hydrogen-bond donors (Lipinski definition) is 2. The highest BCUT2D eigenvalue weighted by molar-refractivity contribution is 5.81. The van der Waals surface area contributed by atoms with Gasteiger partial charge in [0.05, 0.1) is 6.04 Å². The van der Waals surface area contributed by atoms with Gasteiger partial charge in [-0.25, -0.2) is 0 Å². The normalized spacial score (nSPS) is 24.5. The van der Waals surface area contributed by atoms with E-state index < -0.39 is 0 Å². The van der Waals surface area contributed by atoms with E-state index in [1.165, 1.54) is 0 Å². The van der Waals surface area contributed by atoms with Crippen LogP contribution in [-0.2, 0) is 4.79 Å². The zero-order valence-electron chi connectivity index (χ0n) is 8.92. The highest BCUT2D eigenvalue weighted by Crippen LogP contribution is 2.19. The number of amides is 1. The van der Waals surface area contributed by atoms with Gasteiger partial charge in [-0.2, -0.15) is 0 Å². The predicted octanol–water partition coefficient (Wildman–Crippen LogP) is -0.443. The Hall–Kier alpha value is -0.610. The predicted molar refractivity (Wildman–Crippen MR) is 55.0 cm³/mol. The summed E-state index contributed by atoms with van der Waals surface area (Å²) in [7, 11) is 2.03. The van der Waals surface area contributed by atoms with Gasteiger partial charge >= 0.3 is 0 Å². The monoisotopic (exact) mass is 197 g/mol. The summed E-state index contributed by atoms with van der Waals surface area (Å²) >= 11 is 0. The third-order valence-electron chi connectivity index (χ3n) is 3.25. The third kappa shape index (κ3) is 2.07. The molecule has 0 aromatic rings. The second-order valence-corrected chi connectivity index (χ2v) is 4.44. The van der Waals surface area contributed by atoms with E-state index in [-0.39, 0.29) is 11.9 Å². The minimum atomic E-state index is 0.00250. The third-order valence-corrected chi connectivity index (χ3v) is 3.25. The largest absolute Gasteiger partial charge is 0.352 e. The Bertz CT molecular complexity index is 223. The Morgan fingerprint density at radius 2 is 2.14 bits per heavy atom. The zero-order valence-corrected chi connectivity index (χ0v) is 8.92. The highest BCUT2D eigenvalue weighted by Gasteiger charge is 2.31. The van der Waals surface area contributed by atoms with Gasteiger partial charge in [0.1, 0.15) is 0 Å². The van der Waals surface area contributed by atoms with E-state index in [4.69, 9.17) is 0 Å². The number of nitrogens with one attached hydrogen (secondary N) is 2. The van der Waals surface area contributed by atoms with E-state index in [1.807, 2.05) is 14.0 Å². The van der Waals surface area contributed by atoms with Crippen molar-refractivity contribution in [2.45, 2.75) is 37.9 Å². The number of hydrogen-bond acceptors (Lipinski definition) is 3. The van der Waals surface area contributed by atoms with Crippen molar-refractivity contribution in [2.75, 3.05) is 20.1 Å². The fourth-order valence-electron chi connectivity index (χ4n) is 1.61. The van der Waals surface area contributed by atoms with Crippen molar-refractivity contribution in [3.63, 3.8) is 0 Å². The lowest BCUT2D eigenvalue weighted by atomic mass is 10.1. The van der Waals surface area contributed by atoms with Gasteiger partial charge in [0.2, 0.25) is 5.91 Å². The van der Waals surface area contributed by atoms with E-state index in [2.05, 4.69) is 15.5 Å². The van der Waals surface area contributed by atoms with Crippen LogP contribution in [0.5, 0.6) is 0 Å². The van der Waals surface area contributed by atoms with Gasteiger partial charge in [-0.05, 0) is 26.8 Å². The molecule has 0 radical (unpaired) electrons. The topological polar surface area (TPSA) is 44.4 Å². The van der Waals surface area contributed by atoms with Crippen LogP contribution in [0, 0.1) is 0 Å². The second-order valence-electron chi connectivity index (χ2n) is 4.44. The molecular formula is C10H19N3O. The van der Waals surface area contributed by atoms with E-state index in [0.717, 1.165) is 25.9 Å². The minimum Gasteiger partial charge on any atom is -0.352 e. The summed E-state index contributed by atoms with van der Waals surface area (Å²) in [5.41, 5.74) is 0. The molecule has 1 amide bonds. The van der Waals surface area contributed by atoms with Gasteiger partial charge in [0.15, 0.2) is 0 Å². The Morgan fingerprint density at radius 3 is 2.57 bits per heavy atom. The Balaban J connectivity index is 1.78. The molecule has 1 heterocycles. The van der Waals surface area contributed by atoms with E-state index in [9.17, 15) is 4.79 Å². The van der Waals surface area contributed by atoms with E-state index >= 15 is 0 Å². The maximum atomic E-state index is 11.7. The molecule has 1 atom stereocenters. The number of rotatable bonds is 4. The number of nitrogens with zero attached hydrogens (tertiary/aromatic N) is 1. The first-order valence-electron chi connectivity index (χ1n) is 5.41. The van der Waals surface area contributed by atoms with Gasteiger partial charge < -0.3 is 10.6 Å². The van der Waals surface area contributed by atoms with Gasteiger partial charge in [0, 0.05) is 25.2 Å². The lowest BCUT2D eigenvalue weighted by Gasteiger charge is -2.38.